The molecule has 0 spiro atoms. The van der Waals surface area contributed by atoms with Gasteiger partial charge in [-0.05, 0) is 6.92 Å². The van der Waals surface area contributed by atoms with E-state index in [0.29, 0.717) is 6.61 Å². The second-order valence-corrected chi connectivity index (χ2v) is 6.55. The Morgan fingerprint density at radius 2 is 2.00 bits per heavy atom. The molecule has 1 unspecified atom stereocenters. The lowest BCUT2D eigenvalue weighted by atomic mass is 10.1. The summed E-state index contributed by atoms with van der Waals surface area (Å²) in [5.74, 6) is 0. The summed E-state index contributed by atoms with van der Waals surface area (Å²) in [6.45, 7) is 0.540. The number of hydrogen-bond acceptors (Lipinski definition) is 8. The van der Waals surface area contributed by atoms with Crippen molar-refractivity contribution in [2.75, 3.05) is 13.2 Å². The van der Waals surface area contributed by atoms with Crippen molar-refractivity contribution in [3.8, 4) is 0 Å². The van der Waals surface area contributed by atoms with Crippen molar-refractivity contribution in [2.24, 2.45) is 0 Å². The molecule has 13 heteroatoms. The topological polar surface area (TPSA) is 159 Å². The van der Waals surface area contributed by atoms with E-state index in [2.05, 4.69) is 9.51 Å². The Labute approximate surface area is 140 Å². The molecule has 5 atom stereocenters. The molecule has 25 heavy (non-hydrogen) atoms. The van der Waals surface area contributed by atoms with E-state index in [9.17, 15) is 14.2 Å². The van der Waals surface area contributed by atoms with Crippen LogP contribution in [0.5, 0.6) is 0 Å². The van der Waals surface area contributed by atoms with E-state index in [0.717, 1.165) is 10.6 Å². The molecule has 1 aromatic heterocycles. The van der Waals surface area contributed by atoms with Crippen LogP contribution in [-0.4, -0.2) is 57.3 Å². The molecule has 0 aliphatic carbocycles. The lowest BCUT2D eigenvalue weighted by Crippen LogP contribution is -2.36. The van der Waals surface area contributed by atoms with Crippen molar-refractivity contribution in [3.63, 3.8) is 0 Å². The maximum absolute atomic E-state index is 12.0. The molecule has 3 rings (SSSR count). The molecular formula is C12H17N2O10P. The molecule has 1 aromatic rings. The second-order valence-electron chi connectivity index (χ2n) is 5.31. The number of fused-ring (bicyclic) bond motifs is 1. The van der Waals surface area contributed by atoms with Gasteiger partial charge in [-0.1, -0.05) is 0 Å². The van der Waals surface area contributed by atoms with Crippen molar-refractivity contribution < 1.29 is 37.8 Å². The third kappa shape index (κ3) is 4.07. The summed E-state index contributed by atoms with van der Waals surface area (Å²) in [5.41, 5.74) is -1.30. The van der Waals surface area contributed by atoms with Gasteiger partial charge in [-0.15, -0.1) is 0 Å². The summed E-state index contributed by atoms with van der Waals surface area (Å²) in [7, 11) is -4.71. The van der Waals surface area contributed by atoms with E-state index in [1.807, 2.05) is 0 Å². The van der Waals surface area contributed by atoms with E-state index >= 15 is 0 Å². The van der Waals surface area contributed by atoms with Crippen LogP contribution in [-0.2, 0) is 28.0 Å². The molecule has 2 aliphatic rings. The molecule has 12 nitrogen and oxygen atoms in total. The van der Waals surface area contributed by atoms with Gasteiger partial charge in [-0.3, -0.25) is 18.9 Å². The number of aromatic nitrogens is 2. The van der Waals surface area contributed by atoms with Crippen LogP contribution in [0.25, 0.3) is 0 Å². The molecule has 0 aromatic carbocycles. The first-order valence-electron chi connectivity index (χ1n) is 7.38. The van der Waals surface area contributed by atoms with Gasteiger partial charge in [0.15, 0.2) is 6.23 Å². The normalized spacial score (nSPS) is 32.0. The number of nitrogens with one attached hydrogen (secondary N) is 1. The van der Waals surface area contributed by atoms with Gasteiger partial charge in [0.25, 0.3) is 12.0 Å². The second kappa shape index (κ2) is 7.09. The Morgan fingerprint density at radius 3 is 2.64 bits per heavy atom. The molecule has 2 fully saturated rings. The summed E-state index contributed by atoms with van der Waals surface area (Å²) in [5, 5.41) is 0. The highest BCUT2D eigenvalue weighted by atomic mass is 31.2. The Morgan fingerprint density at radius 1 is 1.28 bits per heavy atom. The fraction of sp³-hybridized carbons (Fsp3) is 0.667. The SMILES string of the molecule is CCOC1O[C@@H]2[C@H](O1)[C@@H](COP(=O)(O)O)O[C@H]2n1ccc(=O)[nH]c1=O. The number of phosphoric ester groups is 1. The standard InChI is InChI=1S/C12H17N2O10P/c1-2-20-12-23-8-6(5-21-25(17,18)19)22-10(9(8)24-12)14-4-3-7(15)13-11(14)16/h3-4,6,8-10,12H,2,5H2,1H3,(H,13,15,16)(H2,17,18,19)/t6-,8-,9-,10-,12?/m1/s1. The smallest absolute Gasteiger partial charge is 0.346 e. The van der Waals surface area contributed by atoms with Crippen LogP contribution in [0, 0.1) is 0 Å². The molecule has 3 heterocycles. The molecule has 0 saturated carbocycles. The lowest BCUT2D eigenvalue weighted by Gasteiger charge is -2.21. The third-order valence-corrected chi connectivity index (χ3v) is 4.14. The lowest BCUT2D eigenvalue weighted by molar-refractivity contribution is -0.266. The van der Waals surface area contributed by atoms with Crippen LogP contribution in [0.15, 0.2) is 21.9 Å². The highest BCUT2D eigenvalue weighted by Gasteiger charge is 2.54. The van der Waals surface area contributed by atoms with E-state index in [1.165, 1.54) is 6.20 Å². The monoisotopic (exact) mass is 380 g/mol. The van der Waals surface area contributed by atoms with Gasteiger partial charge >= 0.3 is 13.5 Å². The summed E-state index contributed by atoms with van der Waals surface area (Å²) >= 11 is 0. The number of hydrogen-bond donors (Lipinski definition) is 3. The number of rotatable bonds is 6. The van der Waals surface area contributed by atoms with Crippen molar-refractivity contribution in [1.82, 2.24) is 9.55 Å². The van der Waals surface area contributed by atoms with E-state index in [-0.39, 0.29) is 0 Å². The van der Waals surface area contributed by atoms with Gasteiger partial charge in [-0.25, -0.2) is 9.36 Å². The molecule has 3 N–H and O–H groups in total. The minimum absolute atomic E-state index is 0.303. The number of nitrogens with zero attached hydrogens (tertiary/aromatic N) is 1. The van der Waals surface area contributed by atoms with Crippen LogP contribution in [0.3, 0.4) is 0 Å². The number of aromatic amines is 1. The van der Waals surface area contributed by atoms with E-state index < -0.39 is 56.7 Å². The molecule has 0 bridgehead atoms. The maximum Gasteiger partial charge on any atom is 0.469 e. The van der Waals surface area contributed by atoms with Crippen molar-refractivity contribution >= 4 is 7.82 Å². The molecule has 0 amide bonds. The summed E-state index contributed by atoms with van der Waals surface area (Å²) < 4.78 is 38.4. The van der Waals surface area contributed by atoms with Crippen molar-refractivity contribution in [2.45, 2.75) is 37.9 Å². The average molecular weight is 380 g/mol. The fourth-order valence-electron chi connectivity index (χ4n) is 2.68. The summed E-state index contributed by atoms with van der Waals surface area (Å²) in [6.07, 6.45) is -2.28. The third-order valence-electron chi connectivity index (χ3n) is 3.66. The van der Waals surface area contributed by atoms with E-state index in [1.54, 1.807) is 6.92 Å². The first kappa shape index (κ1) is 18.4. The van der Waals surface area contributed by atoms with Gasteiger partial charge < -0.3 is 28.7 Å². The van der Waals surface area contributed by atoms with Gasteiger partial charge in [0.1, 0.15) is 18.3 Å². The Kier molecular flexibility index (Phi) is 5.23. The van der Waals surface area contributed by atoms with Crippen molar-refractivity contribution in [1.29, 1.82) is 0 Å². The first-order valence-corrected chi connectivity index (χ1v) is 8.91. The van der Waals surface area contributed by atoms with E-state index in [4.69, 9.17) is 28.7 Å². The largest absolute Gasteiger partial charge is 0.469 e. The zero-order valence-corrected chi connectivity index (χ0v) is 13.9. The van der Waals surface area contributed by atoms with Gasteiger partial charge in [-0.2, -0.15) is 0 Å². The Balaban J connectivity index is 1.84. The van der Waals surface area contributed by atoms with Crippen molar-refractivity contribution in [3.05, 3.63) is 33.1 Å². The maximum atomic E-state index is 12.0. The highest BCUT2D eigenvalue weighted by molar-refractivity contribution is 7.46. The molecular weight excluding hydrogens is 363 g/mol. The predicted octanol–water partition coefficient (Wildman–Crippen LogP) is -1.35. The average Bonchev–Trinajstić information content (AvgIpc) is 3.04. The molecule has 140 valence electrons. The van der Waals surface area contributed by atoms with Crippen LogP contribution in [0.1, 0.15) is 13.2 Å². The Hall–Kier alpha value is -1.37. The summed E-state index contributed by atoms with van der Waals surface area (Å²) in [4.78, 5) is 43.0. The number of H-pyrrole nitrogens is 1. The molecule has 0 radical (unpaired) electrons. The predicted molar refractivity (Wildman–Crippen MR) is 78.4 cm³/mol. The quantitative estimate of drug-likeness (QED) is 0.504. The minimum Gasteiger partial charge on any atom is -0.346 e. The molecule has 2 aliphatic heterocycles. The van der Waals surface area contributed by atoms with Gasteiger partial charge in [0, 0.05) is 18.9 Å². The van der Waals surface area contributed by atoms with Gasteiger partial charge in [0.2, 0.25) is 0 Å². The highest BCUT2D eigenvalue weighted by Crippen LogP contribution is 2.42. The number of phosphoric acid groups is 1. The van der Waals surface area contributed by atoms with Crippen LogP contribution in [0.2, 0.25) is 0 Å². The molecule has 2 saturated heterocycles. The fourth-order valence-corrected chi connectivity index (χ4v) is 3.02. The van der Waals surface area contributed by atoms with Gasteiger partial charge in [0.05, 0.1) is 6.61 Å². The van der Waals surface area contributed by atoms with Crippen LogP contribution < -0.4 is 11.2 Å². The zero-order chi connectivity index (χ0) is 18.2. The zero-order valence-electron chi connectivity index (χ0n) is 13.0. The first-order chi connectivity index (χ1) is 11.8. The van der Waals surface area contributed by atoms with Crippen LogP contribution in [0.4, 0.5) is 0 Å². The minimum atomic E-state index is -4.71. The summed E-state index contributed by atoms with van der Waals surface area (Å²) in [6, 6.07) is 1.13. The number of ether oxygens (including phenoxy) is 4. The Bertz CT molecular complexity index is 772. The van der Waals surface area contributed by atoms with Crippen LogP contribution >= 0.6 is 7.82 Å².